The number of nitro groups is 1. The lowest BCUT2D eigenvalue weighted by Crippen LogP contribution is -2.36. The van der Waals surface area contributed by atoms with Gasteiger partial charge in [-0.15, -0.1) is 0 Å². The fraction of sp³-hybridized carbons (Fsp3) is 0.462. The highest BCUT2D eigenvalue weighted by Crippen LogP contribution is 2.23. The van der Waals surface area contributed by atoms with Gasteiger partial charge >= 0.3 is 6.09 Å². The van der Waals surface area contributed by atoms with Crippen molar-refractivity contribution < 1.29 is 14.5 Å². The molecule has 0 spiro atoms. The topological polar surface area (TPSA) is 111 Å². The number of ether oxygens (including phenoxy) is 1. The van der Waals surface area contributed by atoms with Crippen LogP contribution < -0.4 is 11.1 Å². The molecular weight excluding hydrogens is 276 g/mol. The zero-order chi connectivity index (χ0) is 15.4. The van der Waals surface area contributed by atoms with Gasteiger partial charge in [0.05, 0.1) is 12.0 Å². The van der Waals surface area contributed by atoms with Crippen molar-refractivity contribution in [2.75, 3.05) is 25.9 Å². The molecule has 21 heavy (non-hydrogen) atoms. The van der Waals surface area contributed by atoms with Gasteiger partial charge in [0.1, 0.15) is 5.69 Å². The van der Waals surface area contributed by atoms with Crippen molar-refractivity contribution >= 4 is 17.5 Å². The van der Waals surface area contributed by atoms with E-state index in [1.54, 1.807) is 12.1 Å². The van der Waals surface area contributed by atoms with Gasteiger partial charge in [-0.05, 0) is 18.1 Å². The standard InChI is InChI=1S/C13H18N4O4/c1-21-13(18)15-10-4-5-16(8-10)7-9-2-3-12(17(19)20)11(14)6-9/h2-3,6,10H,4-5,7-8,14H2,1H3,(H,15,18). The maximum atomic E-state index is 11.1. The molecule has 1 aromatic rings. The number of nitrogens with zero attached hydrogens (tertiary/aromatic N) is 2. The van der Waals surface area contributed by atoms with Gasteiger partial charge in [0.25, 0.3) is 5.69 Å². The first kappa shape index (κ1) is 15.0. The summed E-state index contributed by atoms with van der Waals surface area (Å²) in [6.45, 7) is 2.19. The number of nitrogens with two attached hydrogens (primary N) is 1. The van der Waals surface area contributed by atoms with Gasteiger partial charge in [0.15, 0.2) is 0 Å². The SMILES string of the molecule is COC(=O)NC1CCN(Cc2ccc([N+](=O)[O-])c(N)c2)C1. The third-order valence-corrected chi connectivity index (χ3v) is 3.47. The van der Waals surface area contributed by atoms with E-state index in [9.17, 15) is 14.9 Å². The second-order valence-corrected chi connectivity index (χ2v) is 5.01. The molecule has 3 N–H and O–H groups in total. The molecule has 1 saturated heterocycles. The molecule has 0 bridgehead atoms. The number of benzene rings is 1. The molecule has 1 unspecified atom stereocenters. The first-order chi connectivity index (χ1) is 9.99. The number of likely N-dealkylation sites (tertiary alicyclic amines) is 1. The summed E-state index contributed by atoms with van der Waals surface area (Å²) < 4.78 is 4.57. The molecule has 8 nitrogen and oxygen atoms in total. The molecule has 0 radical (unpaired) electrons. The molecule has 1 aliphatic heterocycles. The number of nitrogens with one attached hydrogen (secondary N) is 1. The predicted octanol–water partition coefficient (Wildman–Crippen LogP) is 1.11. The van der Waals surface area contributed by atoms with Crippen molar-refractivity contribution in [3.63, 3.8) is 0 Å². The van der Waals surface area contributed by atoms with Crippen molar-refractivity contribution in [2.45, 2.75) is 19.0 Å². The third kappa shape index (κ3) is 3.82. The van der Waals surface area contributed by atoms with E-state index in [1.165, 1.54) is 13.2 Å². The quantitative estimate of drug-likeness (QED) is 0.489. The van der Waals surface area contributed by atoms with Crippen LogP contribution in [0, 0.1) is 10.1 Å². The zero-order valence-corrected chi connectivity index (χ0v) is 11.7. The van der Waals surface area contributed by atoms with Crippen LogP contribution in [0.15, 0.2) is 18.2 Å². The van der Waals surface area contributed by atoms with Crippen LogP contribution in [0.4, 0.5) is 16.2 Å². The smallest absolute Gasteiger partial charge is 0.407 e. The summed E-state index contributed by atoms with van der Waals surface area (Å²) in [6, 6.07) is 4.81. The van der Waals surface area contributed by atoms with Gasteiger partial charge in [-0.2, -0.15) is 0 Å². The summed E-state index contributed by atoms with van der Waals surface area (Å²) in [6.07, 6.45) is 0.416. The van der Waals surface area contributed by atoms with Crippen LogP contribution >= 0.6 is 0 Å². The van der Waals surface area contributed by atoms with Gasteiger partial charge in [-0.3, -0.25) is 15.0 Å². The van der Waals surface area contributed by atoms with Crippen molar-refractivity contribution in [3.05, 3.63) is 33.9 Å². The summed E-state index contributed by atoms with van der Waals surface area (Å²) in [7, 11) is 1.34. The number of amides is 1. The van der Waals surface area contributed by atoms with E-state index in [4.69, 9.17) is 5.73 Å². The van der Waals surface area contributed by atoms with E-state index in [-0.39, 0.29) is 17.4 Å². The van der Waals surface area contributed by atoms with Crippen LogP contribution in [-0.2, 0) is 11.3 Å². The monoisotopic (exact) mass is 294 g/mol. The zero-order valence-electron chi connectivity index (χ0n) is 11.7. The lowest BCUT2D eigenvalue weighted by Gasteiger charge is -2.16. The van der Waals surface area contributed by atoms with Gasteiger partial charge in [-0.25, -0.2) is 4.79 Å². The lowest BCUT2D eigenvalue weighted by atomic mass is 10.1. The minimum Gasteiger partial charge on any atom is -0.453 e. The Balaban J connectivity index is 1.93. The number of anilines is 1. The summed E-state index contributed by atoms with van der Waals surface area (Å²) in [5, 5.41) is 13.5. The number of nitrogen functional groups attached to an aromatic ring is 1. The maximum Gasteiger partial charge on any atom is 0.407 e. The lowest BCUT2D eigenvalue weighted by molar-refractivity contribution is -0.383. The number of alkyl carbamates (subject to hydrolysis) is 1. The van der Waals surface area contributed by atoms with E-state index in [2.05, 4.69) is 15.0 Å². The van der Waals surface area contributed by atoms with Crippen molar-refractivity contribution in [1.29, 1.82) is 0 Å². The van der Waals surface area contributed by atoms with E-state index in [0.29, 0.717) is 13.1 Å². The number of carbonyl (C=O) groups is 1. The molecule has 114 valence electrons. The highest BCUT2D eigenvalue weighted by molar-refractivity contribution is 5.67. The summed E-state index contributed by atoms with van der Waals surface area (Å²) >= 11 is 0. The molecule has 0 saturated carbocycles. The van der Waals surface area contributed by atoms with E-state index >= 15 is 0 Å². The number of rotatable bonds is 4. The molecule has 1 aliphatic rings. The Hall–Kier alpha value is -2.35. The van der Waals surface area contributed by atoms with Gasteiger partial charge in [0, 0.05) is 31.7 Å². The molecule has 2 rings (SSSR count). The second kappa shape index (κ2) is 6.40. The molecule has 8 heteroatoms. The Labute approximate surface area is 122 Å². The van der Waals surface area contributed by atoms with Crippen LogP contribution in [0.25, 0.3) is 0 Å². The molecule has 1 fully saturated rings. The number of hydrogen-bond acceptors (Lipinski definition) is 6. The first-order valence-corrected chi connectivity index (χ1v) is 6.59. The second-order valence-electron chi connectivity index (χ2n) is 5.01. The Kier molecular flexibility index (Phi) is 4.59. The Bertz CT molecular complexity index is 549. The van der Waals surface area contributed by atoms with E-state index in [0.717, 1.165) is 18.5 Å². The van der Waals surface area contributed by atoms with Crippen molar-refractivity contribution in [2.24, 2.45) is 0 Å². The Morgan fingerprint density at radius 1 is 1.62 bits per heavy atom. The highest BCUT2D eigenvalue weighted by Gasteiger charge is 2.24. The summed E-state index contributed by atoms with van der Waals surface area (Å²) in [4.78, 5) is 23.5. The number of carbonyl (C=O) groups excluding carboxylic acids is 1. The average Bonchev–Trinajstić information content (AvgIpc) is 2.85. The molecule has 1 heterocycles. The Morgan fingerprint density at radius 2 is 2.38 bits per heavy atom. The molecule has 0 aromatic heterocycles. The summed E-state index contributed by atoms with van der Waals surface area (Å²) in [5.41, 5.74) is 6.68. The van der Waals surface area contributed by atoms with Crippen LogP contribution in [0.2, 0.25) is 0 Å². The fourth-order valence-corrected chi connectivity index (χ4v) is 2.45. The van der Waals surface area contributed by atoms with Crippen LogP contribution in [0.5, 0.6) is 0 Å². The molecule has 0 aliphatic carbocycles. The number of methoxy groups -OCH3 is 1. The molecular formula is C13H18N4O4. The van der Waals surface area contributed by atoms with E-state index in [1.807, 2.05) is 0 Å². The number of hydrogen-bond donors (Lipinski definition) is 2. The van der Waals surface area contributed by atoms with Gasteiger partial charge < -0.3 is 15.8 Å². The van der Waals surface area contributed by atoms with Gasteiger partial charge in [-0.1, -0.05) is 6.07 Å². The van der Waals surface area contributed by atoms with Crippen molar-refractivity contribution in [1.82, 2.24) is 10.2 Å². The minimum absolute atomic E-state index is 0.0628. The Morgan fingerprint density at radius 3 is 3.00 bits per heavy atom. The minimum atomic E-state index is -0.495. The van der Waals surface area contributed by atoms with Crippen LogP contribution in [0.1, 0.15) is 12.0 Å². The molecule has 1 atom stereocenters. The summed E-state index contributed by atoms with van der Waals surface area (Å²) in [5.74, 6) is 0. The van der Waals surface area contributed by atoms with Crippen LogP contribution in [-0.4, -0.2) is 42.2 Å². The molecule has 1 amide bonds. The highest BCUT2D eigenvalue weighted by atomic mass is 16.6. The predicted molar refractivity (Wildman–Crippen MR) is 76.7 cm³/mol. The van der Waals surface area contributed by atoms with E-state index < -0.39 is 11.0 Å². The largest absolute Gasteiger partial charge is 0.453 e. The molecule has 1 aromatic carbocycles. The average molecular weight is 294 g/mol. The van der Waals surface area contributed by atoms with Crippen molar-refractivity contribution in [3.8, 4) is 0 Å². The first-order valence-electron chi connectivity index (χ1n) is 6.59. The maximum absolute atomic E-state index is 11.1. The van der Waals surface area contributed by atoms with Crippen LogP contribution in [0.3, 0.4) is 0 Å². The van der Waals surface area contributed by atoms with Gasteiger partial charge in [0.2, 0.25) is 0 Å². The number of nitro benzene ring substituents is 1. The normalized spacial score (nSPS) is 18.4. The third-order valence-electron chi connectivity index (χ3n) is 3.47. The fourth-order valence-electron chi connectivity index (χ4n) is 2.45.